The SMILES string of the molecule is O=S(=O)(NCC#Cc1ccccc1Cl)c1cc(F)ccc1F. The Morgan fingerprint density at radius 1 is 1.14 bits per heavy atom. The highest BCUT2D eigenvalue weighted by Gasteiger charge is 2.18. The lowest BCUT2D eigenvalue weighted by Crippen LogP contribution is -2.25. The van der Waals surface area contributed by atoms with Crippen LogP contribution in [0, 0.1) is 23.5 Å². The molecule has 0 saturated carbocycles. The zero-order valence-electron chi connectivity index (χ0n) is 11.1. The molecule has 2 rings (SSSR count). The van der Waals surface area contributed by atoms with E-state index in [4.69, 9.17) is 11.6 Å². The molecule has 0 amide bonds. The zero-order chi connectivity index (χ0) is 16.2. The first-order valence-corrected chi connectivity index (χ1v) is 7.94. The molecule has 0 unspecified atom stereocenters. The van der Waals surface area contributed by atoms with Gasteiger partial charge in [-0.25, -0.2) is 17.2 Å². The Bertz CT molecular complexity index is 857. The van der Waals surface area contributed by atoms with Gasteiger partial charge in [0.25, 0.3) is 0 Å². The van der Waals surface area contributed by atoms with Crippen molar-refractivity contribution in [3.05, 3.63) is 64.7 Å². The van der Waals surface area contributed by atoms with Crippen LogP contribution in [-0.2, 0) is 10.0 Å². The molecule has 0 heterocycles. The Morgan fingerprint density at radius 2 is 1.86 bits per heavy atom. The first-order chi connectivity index (χ1) is 10.4. The van der Waals surface area contributed by atoms with E-state index in [0.717, 1.165) is 12.1 Å². The van der Waals surface area contributed by atoms with Gasteiger partial charge in [0.1, 0.15) is 16.5 Å². The predicted molar refractivity (Wildman–Crippen MR) is 79.9 cm³/mol. The van der Waals surface area contributed by atoms with Crippen molar-refractivity contribution in [2.45, 2.75) is 4.90 Å². The molecule has 0 aliphatic carbocycles. The highest BCUT2D eigenvalue weighted by Crippen LogP contribution is 2.15. The van der Waals surface area contributed by atoms with Gasteiger partial charge >= 0.3 is 0 Å². The Morgan fingerprint density at radius 3 is 2.59 bits per heavy atom. The van der Waals surface area contributed by atoms with E-state index in [2.05, 4.69) is 16.6 Å². The van der Waals surface area contributed by atoms with Gasteiger partial charge in [-0.2, -0.15) is 4.72 Å². The summed E-state index contributed by atoms with van der Waals surface area (Å²) >= 11 is 5.89. The fourth-order valence-corrected chi connectivity index (χ4v) is 2.79. The van der Waals surface area contributed by atoms with E-state index in [0.29, 0.717) is 16.7 Å². The van der Waals surface area contributed by atoms with Crippen molar-refractivity contribution in [3.8, 4) is 11.8 Å². The fourth-order valence-electron chi connectivity index (χ4n) is 1.59. The van der Waals surface area contributed by atoms with Gasteiger partial charge in [0.15, 0.2) is 0 Å². The van der Waals surface area contributed by atoms with E-state index in [1.807, 2.05) is 0 Å². The molecule has 2 aromatic carbocycles. The van der Waals surface area contributed by atoms with E-state index >= 15 is 0 Å². The number of halogens is 3. The summed E-state index contributed by atoms with van der Waals surface area (Å²) in [5, 5.41) is 0.439. The smallest absolute Gasteiger partial charge is 0.207 e. The lowest BCUT2D eigenvalue weighted by Gasteiger charge is -2.05. The van der Waals surface area contributed by atoms with Crippen molar-refractivity contribution in [1.29, 1.82) is 0 Å². The van der Waals surface area contributed by atoms with E-state index < -0.39 is 26.6 Å². The Labute approximate surface area is 132 Å². The molecule has 2 aromatic rings. The van der Waals surface area contributed by atoms with Gasteiger partial charge < -0.3 is 0 Å². The molecule has 114 valence electrons. The molecular formula is C15H10ClF2NO2S. The van der Waals surface area contributed by atoms with Crippen molar-refractivity contribution in [2.75, 3.05) is 6.54 Å². The summed E-state index contributed by atoms with van der Waals surface area (Å²) in [5.74, 6) is 3.37. The third-order valence-corrected chi connectivity index (χ3v) is 4.38. The van der Waals surface area contributed by atoms with Gasteiger partial charge in [-0.3, -0.25) is 0 Å². The zero-order valence-corrected chi connectivity index (χ0v) is 12.7. The van der Waals surface area contributed by atoms with Crippen molar-refractivity contribution in [1.82, 2.24) is 4.72 Å². The minimum Gasteiger partial charge on any atom is -0.207 e. The van der Waals surface area contributed by atoms with E-state index in [1.165, 1.54) is 0 Å². The predicted octanol–water partition coefficient (Wildman–Crippen LogP) is 2.95. The number of sulfonamides is 1. The molecule has 22 heavy (non-hydrogen) atoms. The van der Waals surface area contributed by atoms with Crippen LogP contribution in [-0.4, -0.2) is 15.0 Å². The van der Waals surface area contributed by atoms with Gasteiger partial charge in [-0.05, 0) is 30.3 Å². The molecule has 0 aliphatic rings. The van der Waals surface area contributed by atoms with Gasteiger partial charge in [0.05, 0.1) is 11.6 Å². The standard InChI is InChI=1S/C15H10ClF2NO2S/c16-13-6-2-1-4-11(13)5-3-9-19-22(20,21)15-10-12(17)7-8-14(15)18/h1-2,4,6-8,10,19H,9H2. The molecule has 1 N–H and O–H groups in total. The molecule has 0 atom stereocenters. The minimum absolute atomic E-state index is 0.260. The topological polar surface area (TPSA) is 46.2 Å². The second kappa shape index (κ2) is 6.88. The monoisotopic (exact) mass is 341 g/mol. The van der Waals surface area contributed by atoms with Gasteiger partial charge in [-0.1, -0.05) is 35.6 Å². The number of hydrogen-bond acceptors (Lipinski definition) is 2. The van der Waals surface area contributed by atoms with E-state index in [1.54, 1.807) is 24.3 Å². The lowest BCUT2D eigenvalue weighted by atomic mass is 10.2. The Balaban J connectivity index is 2.12. The molecule has 0 saturated heterocycles. The van der Waals surface area contributed by atoms with Gasteiger partial charge in [0.2, 0.25) is 10.0 Å². The Kier molecular flexibility index (Phi) is 5.14. The molecule has 7 heteroatoms. The highest BCUT2D eigenvalue weighted by atomic mass is 35.5. The maximum Gasteiger partial charge on any atom is 0.244 e. The van der Waals surface area contributed by atoms with Crippen LogP contribution in [0.5, 0.6) is 0 Å². The van der Waals surface area contributed by atoms with Gasteiger partial charge in [0, 0.05) is 5.56 Å². The Hall–Kier alpha value is -1.94. The van der Waals surface area contributed by atoms with E-state index in [9.17, 15) is 17.2 Å². The number of rotatable bonds is 3. The van der Waals surface area contributed by atoms with Crippen LogP contribution in [0.2, 0.25) is 5.02 Å². The summed E-state index contributed by atoms with van der Waals surface area (Å²) in [4.78, 5) is -0.757. The molecule has 0 bridgehead atoms. The largest absolute Gasteiger partial charge is 0.244 e. The van der Waals surface area contributed by atoms with Gasteiger partial charge in [-0.15, -0.1) is 0 Å². The first kappa shape index (κ1) is 16.4. The quantitative estimate of drug-likeness (QED) is 0.872. The molecule has 0 aliphatic heterocycles. The van der Waals surface area contributed by atoms with Crippen LogP contribution < -0.4 is 4.72 Å². The van der Waals surface area contributed by atoms with Crippen molar-refractivity contribution < 1.29 is 17.2 Å². The normalized spacial score (nSPS) is 10.9. The number of benzene rings is 2. The molecule has 0 fully saturated rings. The minimum atomic E-state index is -4.18. The van der Waals surface area contributed by atoms with E-state index in [-0.39, 0.29) is 6.54 Å². The van der Waals surface area contributed by atoms with Crippen LogP contribution >= 0.6 is 11.6 Å². The summed E-state index contributed by atoms with van der Waals surface area (Å²) in [6, 6.07) is 9.00. The van der Waals surface area contributed by atoms with Crippen LogP contribution in [0.15, 0.2) is 47.4 Å². The van der Waals surface area contributed by atoms with Crippen LogP contribution in [0.4, 0.5) is 8.78 Å². The van der Waals surface area contributed by atoms with Crippen LogP contribution in [0.25, 0.3) is 0 Å². The summed E-state index contributed by atoms with van der Waals surface area (Å²) in [6.07, 6.45) is 0. The summed E-state index contributed by atoms with van der Waals surface area (Å²) in [7, 11) is -4.18. The summed E-state index contributed by atoms with van der Waals surface area (Å²) < 4.78 is 52.3. The second-order valence-electron chi connectivity index (χ2n) is 4.18. The molecule has 0 spiro atoms. The first-order valence-electron chi connectivity index (χ1n) is 6.08. The lowest BCUT2D eigenvalue weighted by molar-refractivity contribution is 0.548. The molecule has 3 nitrogen and oxygen atoms in total. The summed E-state index contributed by atoms with van der Waals surface area (Å²) in [6.45, 7) is -0.260. The average molecular weight is 342 g/mol. The van der Waals surface area contributed by atoms with Crippen molar-refractivity contribution in [3.63, 3.8) is 0 Å². The number of nitrogens with one attached hydrogen (secondary N) is 1. The maximum absolute atomic E-state index is 13.5. The third-order valence-electron chi connectivity index (χ3n) is 2.63. The third kappa shape index (κ3) is 4.04. The molecular weight excluding hydrogens is 332 g/mol. The van der Waals surface area contributed by atoms with Crippen molar-refractivity contribution in [2.24, 2.45) is 0 Å². The molecule has 0 radical (unpaired) electrons. The second-order valence-corrected chi connectivity index (χ2v) is 6.32. The maximum atomic E-state index is 13.5. The number of hydrogen-bond donors (Lipinski definition) is 1. The van der Waals surface area contributed by atoms with Crippen LogP contribution in [0.1, 0.15) is 5.56 Å². The fraction of sp³-hybridized carbons (Fsp3) is 0.0667. The average Bonchev–Trinajstić information content (AvgIpc) is 2.48. The van der Waals surface area contributed by atoms with Crippen molar-refractivity contribution >= 4 is 21.6 Å². The van der Waals surface area contributed by atoms with Crippen LogP contribution in [0.3, 0.4) is 0 Å². The summed E-state index contributed by atoms with van der Waals surface area (Å²) in [5.41, 5.74) is 0.542. The highest BCUT2D eigenvalue weighted by molar-refractivity contribution is 7.89. The molecule has 0 aromatic heterocycles.